The minimum absolute atomic E-state index is 0.00701. The summed E-state index contributed by atoms with van der Waals surface area (Å²) in [4.78, 5) is 16.8. The molecule has 0 atom stereocenters. The molecule has 0 saturated heterocycles. The predicted octanol–water partition coefficient (Wildman–Crippen LogP) is 5.13. The summed E-state index contributed by atoms with van der Waals surface area (Å²) in [6.07, 6.45) is -2.89. The minimum Gasteiger partial charge on any atom is -0.321 e. The number of imidazole rings is 1. The Morgan fingerprint density at radius 3 is 2.50 bits per heavy atom. The number of aryl methyl sites for hydroxylation is 2. The second kappa shape index (κ2) is 6.64. The van der Waals surface area contributed by atoms with E-state index < -0.39 is 17.6 Å². The minimum atomic E-state index is -4.58. The summed E-state index contributed by atoms with van der Waals surface area (Å²) in [7, 11) is 0. The molecule has 136 valence electrons. The van der Waals surface area contributed by atoms with Gasteiger partial charge < -0.3 is 5.32 Å². The van der Waals surface area contributed by atoms with E-state index >= 15 is 0 Å². The van der Waals surface area contributed by atoms with E-state index in [1.54, 1.807) is 19.1 Å². The fourth-order valence-corrected chi connectivity index (χ4v) is 2.91. The number of carbonyl (C=O) groups is 1. The lowest BCUT2D eigenvalue weighted by molar-refractivity contribution is -0.137. The van der Waals surface area contributed by atoms with Crippen molar-refractivity contribution in [2.24, 2.45) is 0 Å². The van der Waals surface area contributed by atoms with Crippen LogP contribution >= 0.6 is 11.6 Å². The molecule has 1 amide bonds. The van der Waals surface area contributed by atoms with E-state index in [-0.39, 0.29) is 22.1 Å². The van der Waals surface area contributed by atoms with Gasteiger partial charge >= 0.3 is 6.18 Å². The van der Waals surface area contributed by atoms with Gasteiger partial charge in [0.25, 0.3) is 5.91 Å². The highest BCUT2D eigenvalue weighted by Gasteiger charge is 2.32. The largest absolute Gasteiger partial charge is 0.417 e. The van der Waals surface area contributed by atoms with Crippen molar-refractivity contribution >= 4 is 28.8 Å². The predicted molar refractivity (Wildman–Crippen MR) is 93.7 cm³/mol. The van der Waals surface area contributed by atoms with E-state index in [1.807, 2.05) is 19.1 Å². The molecule has 3 aromatic rings. The van der Waals surface area contributed by atoms with Crippen molar-refractivity contribution in [1.29, 1.82) is 0 Å². The van der Waals surface area contributed by atoms with Crippen molar-refractivity contribution in [3.05, 3.63) is 64.1 Å². The Kier molecular flexibility index (Phi) is 4.66. The highest BCUT2D eigenvalue weighted by molar-refractivity contribution is 6.33. The SMILES string of the molecule is CCc1ccc(NC(=O)c2c(C)nc3c(Cl)cc(C(F)(F)F)cn23)cc1. The number of rotatable bonds is 3. The first-order chi connectivity index (χ1) is 12.2. The van der Waals surface area contributed by atoms with Crippen LogP contribution in [-0.2, 0) is 12.6 Å². The zero-order valence-corrected chi connectivity index (χ0v) is 14.7. The second-order valence-electron chi connectivity index (χ2n) is 5.82. The molecule has 2 heterocycles. The number of halogens is 4. The number of hydrogen-bond donors (Lipinski definition) is 1. The van der Waals surface area contributed by atoms with Crippen LogP contribution in [0.15, 0.2) is 36.5 Å². The molecule has 0 radical (unpaired) electrons. The Hall–Kier alpha value is -2.54. The highest BCUT2D eigenvalue weighted by Crippen LogP contribution is 2.33. The molecule has 0 aliphatic heterocycles. The van der Waals surface area contributed by atoms with Crippen molar-refractivity contribution < 1.29 is 18.0 Å². The number of aromatic nitrogens is 2. The summed E-state index contributed by atoms with van der Waals surface area (Å²) in [5.74, 6) is -0.561. The maximum atomic E-state index is 13.1. The molecular formula is C18H15ClF3N3O. The third-order valence-corrected chi connectivity index (χ3v) is 4.29. The van der Waals surface area contributed by atoms with Gasteiger partial charge in [-0.3, -0.25) is 9.20 Å². The number of alkyl halides is 3. The summed E-state index contributed by atoms with van der Waals surface area (Å²) in [6.45, 7) is 3.56. The number of hydrogen-bond acceptors (Lipinski definition) is 2. The van der Waals surface area contributed by atoms with Gasteiger partial charge in [0.2, 0.25) is 0 Å². The lowest BCUT2D eigenvalue weighted by Gasteiger charge is -2.10. The quantitative estimate of drug-likeness (QED) is 0.683. The number of carbonyl (C=O) groups excluding carboxylic acids is 1. The van der Waals surface area contributed by atoms with Gasteiger partial charge in [-0.25, -0.2) is 4.98 Å². The molecule has 0 saturated carbocycles. The first-order valence-corrected chi connectivity index (χ1v) is 8.24. The number of benzene rings is 1. The number of fused-ring (bicyclic) bond motifs is 1. The number of nitrogens with zero attached hydrogens (tertiary/aromatic N) is 2. The summed E-state index contributed by atoms with van der Waals surface area (Å²) in [5, 5.41) is 2.51. The van der Waals surface area contributed by atoms with Crippen molar-refractivity contribution in [3.8, 4) is 0 Å². The Balaban J connectivity index is 2.04. The molecule has 4 nitrogen and oxygen atoms in total. The third-order valence-electron chi connectivity index (χ3n) is 4.01. The van der Waals surface area contributed by atoms with Gasteiger partial charge in [0.15, 0.2) is 5.65 Å². The molecule has 0 spiro atoms. The van der Waals surface area contributed by atoms with Gasteiger partial charge in [-0.2, -0.15) is 13.2 Å². The summed E-state index contributed by atoms with van der Waals surface area (Å²) in [6, 6.07) is 8.02. The van der Waals surface area contributed by atoms with E-state index in [0.717, 1.165) is 28.6 Å². The second-order valence-corrected chi connectivity index (χ2v) is 6.23. The zero-order valence-electron chi connectivity index (χ0n) is 14.0. The van der Waals surface area contributed by atoms with Crippen LogP contribution in [0.1, 0.15) is 34.2 Å². The summed E-state index contributed by atoms with van der Waals surface area (Å²) in [5.41, 5.74) is 1.09. The average Bonchev–Trinajstić information content (AvgIpc) is 2.91. The van der Waals surface area contributed by atoms with Crippen LogP contribution in [0, 0.1) is 6.92 Å². The van der Waals surface area contributed by atoms with Crippen LogP contribution in [0.3, 0.4) is 0 Å². The summed E-state index contributed by atoms with van der Waals surface area (Å²) < 4.78 is 40.3. The van der Waals surface area contributed by atoms with Gasteiger partial charge in [0.1, 0.15) is 5.69 Å². The molecule has 26 heavy (non-hydrogen) atoms. The number of pyridine rings is 1. The summed E-state index contributed by atoms with van der Waals surface area (Å²) >= 11 is 5.94. The van der Waals surface area contributed by atoms with Gasteiger partial charge in [0, 0.05) is 11.9 Å². The molecule has 8 heteroatoms. The van der Waals surface area contributed by atoms with Crippen LogP contribution in [-0.4, -0.2) is 15.3 Å². The molecule has 0 fully saturated rings. The zero-order chi connectivity index (χ0) is 19.1. The van der Waals surface area contributed by atoms with Gasteiger partial charge in [-0.15, -0.1) is 0 Å². The Morgan fingerprint density at radius 2 is 1.92 bits per heavy atom. The van der Waals surface area contributed by atoms with Gasteiger partial charge in [0.05, 0.1) is 16.3 Å². The number of amides is 1. The van der Waals surface area contributed by atoms with Crippen molar-refractivity contribution in [1.82, 2.24) is 9.38 Å². The smallest absolute Gasteiger partial charge is 0.321 e. The Morgan fingerprint density at radius 1 is 1.27 bits per heavy atom. The first-order valence-electron chi connectivity index (χ1n) is 7.86. The lowest BCUT2D eigenvalue weighted by Crippen LogP contribution is -2.16. The van der Waals surface area contributed by atoms with Crippen LogP contribution in [0.25, 0.3) is 5.65 Å². The highest BCUT2D eigenvalue weighted by atomic mass is 35.5. The van der Waals surface area contributed by atoms with Crippen LogP contribution in [0.4, 0.5) is 18.9 Å². The third kappa shape index (κ3) is 3.39. The molecule has 0 unspecified atom stereocenters. The molecule has 2 aromatic heterocycles. The van der Waals surface area contributed by atoms with E-state index in [1.165, 1.54) is 0 Å². The maximum Gasteiger partial charge on any atom is 0.417 e. The van der Waals surface area contributed by atoms with E-state index in [2.05, 4.69) is 10.3 Å². The first kappa shape index (κ1) is 18.3. The van der Waals surface area contributed by atoms with E-state index in [0.29, 0.717) is 5.69 Å². The average molecular weight is 382 g/mol. The van der Waals surface area contributed by atoms with Gasteiger partial charge in [-0.1, -0.05) is 30.7 Å². The molecule has 0 bridgehead atoms. The van der Waals surface area contributed by atoms with Gasteiger partial charge in [-0.05, 0) is 37.1 Å². The molecule has 3 rings (SSSR count). The van der Waals surface area contributed by atoms with Crippen molar-refractivity contribution in [2.75, 3.05) is 5.32 Å². The molecule has 1 aromatic carbocycles. The van der Waals surface area contributed by atoms with E-state index in [4.69, 9.17) is 11.6 Å². The van der Waals surface area contributed by atoms with E-state index in [9.17, 15) is 18.0 Å². The van der Waals surface area contributed by atoms with Crippen LogP contribution < -0.4 is 5.32 Å². The van der Waals surface area contributed by atoms with Crippen molar-refractivity contribution in [3.63, 3.8) is 0 Å². The lowest BCUT2D eigenvalue weighted by atomic mass is 10.1. The Labute approximate surface area is 152 Å². The molecule has 0 aliphatic carbocycles. The number of anilines is 1. The fourth-order valence-electron chi connectivity index (χ4n) is 2.66. The monoisotopic (exact) mass is 381 g/mol. The number of nitrogens with one attached hydrogen (secondary N) is 1. The topological polar surface area (TPSA) is 46.4 Å². The van der Waals surface area contributed by atoms with Crippen molar-refractivity contribution in [2.45, 2.75) is 26.4 Å². The molecular weight excluding hydrogens is 367 g/mol. The maximum absolute atomic E-state index is 13.1. The van der Waals surface area contributed by atoms with Crippen LogP contribution in [0.2, 0.25) is 5.02 Å². The van der Waals surface area contributed by atoms with Crippen LogP contribution in [0.5, 0.6) is 0 Å². The normalized spacial score (nSPS) is 11.8. The Bertz CT molecular complexity index is 978. The molecule has 0 aliphatic rings. The fraction of sp³-hybridized carbons (Fsp3) is 0.222. The standard InChI is InChI=1S/C18H15ClF3N3O/c1-3-11-4-6-13(7-5-11)24-17(26)15-10(2)23-16-14(19)8-12(9-25(15)16)18(20,21)22/h4-9H,3H2,1-2H3,(H,24,26). The molecule has 1 N–H and O–H groups in total.